The SMILES string of the molecule is C(=C\C12CCCN1CCC2)/c1cccnc1. The molecule has 0 N–H and O–H groups in total. The molecule has 1 aromatic heterocycles. The summed E-state index contributed by atoms with van der Waals surface area (Å²) in [5.41, 5.74) is 1.60. The number of rotatable bonds is 2. The fraction of sp³-hybridized carbons (Fsp3) is 0.500. The standard InChI is InChI=1S/C14H18N2/c1-4-13(12-15-9-1)5-8-14-6-2-10-16(14)11-3-7-14/h1,4-5,8-9,12H,2-3,6-7,10-11H2/b8-5+. The Balaban J connectivity index is 1.81. The van der Waals surface area contributed by atoms with Crippen molar-refractivity contribution >= 4 is 6.08 Å². The first-order chi connectivity index (χ1) is 7.89. The molecule has 0 bridgehead atoms. The van der Waals surface area contributed by atoms with E-state index in [0.29, 0.717) is 5.54 Å². The smallest absolute Gasteiger partial charge is 0.0395 e. The summed E-state index contributed by atoms with van der Waals surface area (Å²) in [6, 6.07) is 4.12. The van der Waals surface area contributed by atoms with Crippen LogP contribution >= 0.6 is 0 Å². The first-order valence-corrected chi connectivity index (χ1v) is 6.23. The van der Waals surface area contributed by atoms with Gasteiger partial charge in [-0.15, -0.1) is 0 Å². The third kappa shape index (κ3) is 1.67. The van der Waals surface area contributed by atoms with Crippen molar-refractivity contribution in [3.63, 3.8) is 0 Å². The molecule has 3 heterocycles. The predicted molar refractivity (Wildman–Crippen MR) is 66.0 cm³/mol. The topological polar surface area (TPSA) is 16.1 Å². The second kappa shape index (κ2) is 4.02. The highest BCUT2D eigenvalue weighted by Crippen LogP contribution is 2.40. The van der Waals surface area contributed by atoms with E-state index >= 15 is 0 Å². The van der Waals surface area contributed by atoms with Crippen LogP contribution in [0.4, 0.5) is 0 Å². The first-order valence-electron chi connectivity index (χ1n) is 6.23. The van der Waals surface area contributed by atoms with E-state index < -0.39 is 0 Å². The van der Waals surface area contributed by atoms with Gasteiger partial charge in [0.05, 0.1) is 0 Å². The highest BCUT2D eigenvalue weighted by Gasteiger charge is 2.41. The van der Waals surface area contributed by atoms with Gasteiger partial charge in [0.25, 0.3) is 0 Å². The molecular formula is C14H18N2. The van der Waals surface area contributed by atoms with E-state index in [1.165, 1.54) is 44.3 Å². The van der Waals surface area contributed by atoms with Gasteiger partial charge in [-0.25, -0.2) is 0 Å². The Morgan fingerprint density at radius 2 is 2.06 bits per heavy atom. The third-order valence-corrected chi connectivity index (χ3v) is 3.98. The molecule has 1 aromatic rings. The highest BCUT2D eigenvalue weighted by atomic mass is 15.2. The van der Waals surface area contributed by atoms with Gasteiger partial charge in [-0.3, -0.25) is 9.88 Å². The van der Waals surface area contributed by atoms with Gasteiger partial charge in [0.2, 0.25) is 0 Å². The van der Waals surface area contributed by atoms with Gasteiger partial charge in [0, 0.05) is 17.9 Å². The first kappa shape index (κ1) is 10.0. The monoisotopic (exact) mass is 214 g/mol. The lowest BCUT2D eigenvalue weighted by molar-refractivity contribution is 0.251. The van der Waals surface area contributed by atoms with Crippen LogP contribution in [0.15, 0.2) is 30.6 Å². The Labute approximate surface area is 97.0 Å². The normalized spacial score (nSPS) is 24.0. The predicted octanol–water partition coefficient (Wildman–Crippen LogP) is 2.72. The average Bonchev–Trinajstić information content (AvgIpc) is 2.87. The quantitative estimate of drug-likeness (QED) is 0.752. The summed E-state index contributed by atoms with van der Waals surface area (Å²) in [6.07, 6.45) is 13.8. The number of aromatic nitrogens is 1. The second-order valence-corrected chi connectivity index (χ2v) is 4.92. The summed E-state index contributed by atoms with van der Waals surface area (Å²) in [5, 5.41) is 0. The van der Waals surface area contributed by atoms with Gasteiger partial charge < -0.3 is 0 Å². The van der Waals surface area contributed by atoms with Crippen molar-refractivity contribution in [2.24, 2.45) is 0 Å². The van der Waals surface area contributed by atoms with Gasteiger partial charge in [-0.2, -0.15) is 0 Å². The van der Waals surface area contributed by atoms with Crippen molar-refractivity contribution in [3.8, 4) is 0 Å². The zero-order valence-corrected chi connectivity index (χ0v) is 9.60. The minimum absolute atomic E-state index is 0.385. The van der Waals surface area contributed by atoms with Crippen molar-refractivity contribution in [2.75, 3.05) is 13.1 Å². The largest absolute Gasteiger partial charge is 0.294 e. The van der Waals surface area contributed by atoms with Crippen molar-refractivity contribution in [3.05, 3.63) is 36.2 Å². The maximum Gasteiger partial charge on any atom is 0.0395 e. The fourth-order valence-electron chi connectivity index (χ4n) is 3.15. The summed E-state index contributed by atoms with van der Waals surface area (Å²) in [7, 11) is 0. The fourth-order valence-corrected chi connectivity index (χ4v) is 3.15. The lowest BCUT2D eigenvalue weighted by Gasteiger charge is -2.28. The third-order valence-electron chi connectivity index (χ3n) is 3.98. The second-order valence-electron chi connectivity index (χ2n) is 4.92. The summed E-state index contributed by atoms with van der Waals surface area (Å²) >= 11 is 0. The average molecular weight is 214 g/mol. The maximum absolute atomic E-state index is 4.15. The molecule has 0 aromatic carbocycles. The molecule has 0 atom stereocenters. The van der Waals surface area contributed by atoms with Gasteiger partial charge in [-0.1, -0.05) is 18.2 Å². The Morgan fingerprint density at radius 1 is 1.25 bits per heavy atom. The van der Waals surface area contributed by atoms with Crippen molar-refractivity contribution in [1.82, 2.24) is 9.88 Å². The molecule has 16 heavy (non-hydrogen) atoms. The van der Waals surface area contributed by atoms with Gasteiger partial charge in [0.1, 0.15) is 0 Å². The molecule has 2 fully saturated rings. The Bertz CT molecular complexity index is 373. The van der Waals surface area contributed by atoms with Crippen LogP contribution in [0.3, 0.4) is 0 Å². The van der Waals surface area contributed by atoms with Crippen LogP contribution < -0.4 is 0 Å². The molecule has 2 aliphatic heterocycles. The molecule has 2 heteroatoms. The lowest BCUT2D eigenvalue weighted by Crippen LogP contribution is -2.35. The molecule has 0 radical (unpaired) electrons. The maximum atomic E-state index is 4.15. The number of nitrogens with zero attached hydrogens (tertiary/aromatic N) is 2. The molecule has 0 unspecified atom stereocenters. The van der Waals surface area contributed by atoms with E-state index in [4.69, 9.17) is 0 Å². The number of hydrogen-bond donors (Lipinski definition) is 0. The molecular weight excluding hydrogens is 196 g/mol. The van der Waals surface area contributed by atoms with Crippen molar-refractivity contribution in [2.45, 2.75) is 31.2 Å². The minimum Gasteiger partial charge on any atom is -0.294 e. The van der Waals surface area contributed by atoms with Crippen LogP contribution in [0.5, 0.6) is 0 Å². The Kier molecular flexibility index (Phi) is 2.52. The van der Waals surface area contributed by atoms with E-state index in [-0.39, 0.29) is 0 Å². The van der Waals surface area contributed by atoms with Gasteiger partial charge in [0.15, 0.2) is 0 Å². The van der Waals surface area contributed by atoms with E-state index in [9.17, 15) is 0 Å². The Morgan fingerprint density at radius 3 is 2.75 bits per heavy atom. The molecule has 84 valence electrons. The number of fused-ring (bicyclic) bond motifs is 1. The van der Waals surface area contributed by atoms with Crippen LogP contribution in [-0.4, -0.2) is 28.5 Å². The summed E-state index contributed by atoms with van der Waals surface area (Å²) in [5.74, 6) is 0. The minimum atomic E-state index is 0.385. The summed E-state index contributed by atoms with van der Waals surface area (Å²) < 4.78 is 0. The zero-order valence-electron chi connectivity index (χ0n) is 9.60. The van der Waals surface area contributed by atoms with Crippen molar-refractivity contribution in [1.29, 1.82) is 0 Å². The van der Waals surface area contributed by atoms with E-state index in [2.05, 4.69) is 28.1 Å². The van der Waals surface area contributed by atoms with Crippen molar-refractivity contribution < 1.29 is 0 Å². The van der Waals surface area contributed by atoms with Gasteiger partial charge >= 0.3 is 0 Å². The van der Waals surface area contributed by atoms with Crippen LogP contribution in [0, 0.1) is 0 Å². The number of pyridine rings is 1. The number of hydrogen-bond acceptors (Lipinski definition) is 2. The molecule has 0 amide bonds. The van der Waals surface area contributed by atoms with E-state index in [1.807, 2.05) is 18.5 Å². The van der Waals surface area contributed by atoms with E-state index in [1.54, 1.807) is 0 Å². The highest BCUT2D eigenvalue weighted by molar-refractivity contribution is 5.49. The Hall–Kier alpha value is -1.15. The van der Waals surface area contributed by atoms with Crippen LogP contribution in [-0.2, 0) is 0 Å². The van der Waals surface area contributed by atoms with E-state index in [0.717, 1.165) is 0 Å². The molecule has 2 aliphatic rings. The lowest BCUT2D eigenvalue weighted by atomic mass is 9.93. The van der Waals surface area contributed by atoms with Crippen LogP contribution in [0.2, 0.25) is 0 Å². The molecule has 2 nitrogen and oxygen atoms in total. The van der Waals surface area contributed by atoms with Gasteiger partial charge in [-0.05, 0) is 50.4 Å². The summed E-state index contributed by atoms with van der Waals surface area (Å²) in [4.78, 5) is 6.80. The van der Waals surface area contributed by atoms with Crippen LogP contribution in [0.25, 0.3) is 6.08 Å². The van der Waals surface area contributed by atoms with Crippen LogP contribution in [0.1, 0.15) is 31.2 Å². The molecule has 0 spiro atoms. The molecule has 3 rings (SSSR count). The molecule has 2 saturated heterocycles. The molecule has 0 aliphatic carbocycles. The summed E-state index contributed by atoms with van der Waals surface area (Å²) in [6.45, 7) is 2.58. The zero-order chi connectivity index (χ0) is 10.8. The molecule has 0 saturated carbocycles.